The molecule has 0 fully saturated rings. The number of aryl methyl sites for hydroxylation is 1. The van der Waals surface area contributed by atoms with Crippen molar-refractivity contribution in [1.29, 1.82) is 0 Å². The number of rotatable bonds is 5. The van der Waals surface area contributed by atoms with Crippen LogP contribution in [-0.2, 0) is 11.2 Å². The molecule has 0 radical (unpaired) electrons. The number of fused-ring (bicyclic) bond motifs is 4. The number of hydrogen-bond donors (Lipinski definition) is 1. The third kappa shape index (κ3) is 3.34. The van der Waals surface area contributed by atoms with Crippen molar-refractivity contribution in [1.82, 2.24) is 14.4 Å². The number of para-hydroxylation sites is 2. The number of imidazole rings is 1. The van der Waals surface area contributed by atoms with E-state index >= 15 is 4.39 Å². The summed E-state index contributed by atoms with van der Waals surface area (Å²) in [5.41, 5.74) is 5.83. The Labute approximate surface area is 191 Å². The van der Waals surface area contributed by atoms with Gasteiger partial charge in [-0.15, -0.1) is 0 Å². The number of ether oxygens (including phenoxy) is 1. The summed E-state index contributed by atoms with van der Waals surface area (Å²) in [6.07, 6.45) is 2.69. The van der Waals surface area contributed by atoms with Gasteiger partial charge in [-0.05, 0) is 56.9 Å². The number of hydrogen-bond acceptors (Lipinski definition) is 4. The van der Waals surface area contributed by atoms with Gasteiger partial charge in [0.2, 0.25) is 5.78 Å². The normalized spacial score (nSPS) is 14.3. The zero-order valence-corrected chi connectivity index (χ0v) is 19.0. The van der Waals surface area contributed by atoms with Crippen LogP contribution >= 0.6 is 0 Å². The molecule has 6 nitrogen and oxygen atoms in total. The largest absolute Gasteiger partial charge is 0.490 e. The summed E-state index contributed by atoms with van der Waals surface area (Å²) in [5.74, 6) is -1.32. The molecule has 0 saturated carbocycles. The fourth-order valence-corrected chi connectivity index (χ4v) is 5.08. The van der Waals surface area contributed by atoms with Gasteiger partial charge in [0.15, 0.2) is 11.6 Å². The van der Waals surface area contributed by atoms with Crippen LogP contribution in [0.25, 0.3) is 28.1 Å². The third-order valence-electron chi connectivity index (χ3n) is 6.59. The fourth-order valence-electron chi connectivity index (χ4n) is 5.08. The molecule has 0 amide bonds. The summed E-state index contributed by atoms with van der Waals surface area (Å²) in [6.45, 7) is 6.24. The van der Waals surface area contributed by atoms with Crippen LogP contribution < -0.4 is 4.74 Å². The van der Waals surface area contributed by atoms with E-state index in [0.717, 1.165) is 35.0 Å². The molecule has 2 aromatic heterocycles. The van der Waals surface area contributed by atoms with Crippen molar-refractivity contribution >= 4 is 22.8 Å². The van der Waals surface area contributed by atoms with Gasteiger partial charge in [0.05, 0.1) is 29.3 Å². The molecule has 1 unspecified atom stereocenters. The highest BCUT2D eigenvalue weighted by Gasteiger charge is 2.31. The Balaban J connectivity index is 1.96. The quantitative estimate of drug-likeness (QED) is 0.431. The molecular weight excluding hydrogens is 421 g/mol. The van der Waals surface area contributed by atoms with Crippen LogP contribution in [0.1, 0.15) is 54.5 Å². The van der Waals surface area contributed by atoms with E-state index in [9.17, 15) is 9.90 Å². The molecule has 0 spiro atoms. The van der Waals surface area contributed by atoms with Gasteiger partial charge in [-0.2, -0.15) is 0 Å². The van der Waals surface area contributed by atoms with Gasteiger partial charge < -0.3 is 9.84 Å². The number of carboxylic acids is 1. The van der Waals surface area contributed by atoms with E-state index in [1.807, 2.05) is 49.4 Å². The van der Waals surface area contributed by atoms with Gasteiger partial charge in [0, 0.05) is 22.4 Å². The first-order valence-corrected chi connectivity index (χ1v) is 11.4. The van der Waals surface area contributed by atoms with Crippen molar-refractivity contribution in [2.24, 2.45) is 0 Å². The minimum absolute atomic E-state index is 0.310. The molecule has 0 bridgehead atoms. The van der Waals surface area contributed by atoms with Crippen LogP contribution in [0.3, 0.4) is 0 Å². The van der Waals surface area contributed by atoms with Crippen LogP contribution in [0, 0.1) is 19.7 Å². The first kappa shape index (κ1) is 21.4. The summed E-state index contributed by atoms with van der Waals surface area (Å²) < 4.78 is 22.8. The molecule has 1 aliphatic heterocycles. The number of halogens is 1. The van der Waals surface area contributed by atoms with Crippen molar-refractivity contribution < 1.29 is 19.0 Å². The Bertz CT molecular complexity index is 1410. The SMILES string of the molecule is CCCC(C(=O)O)c1c(C)nc2nc3ccccc3n2c1-c1cc(F)c2c(c1C)CCCO2. The molecule has 0 aliphatic carbocycles. The Morgan fingerprint density at radius 3 is 2.82 bits per heavy atom. The number of nitrogens with zero attached hydrogens (tertiary/aromatic N) is 3. The van der Waals surface area contributed by atoms with E-state index < -0.39 is 17.7 Å². The van der Waals surface area contributed by atoms with Gasteiger partial charge in [0.1, 0.15) is 0 Å². The molecule has 3 heterocycles. The number of carboxylic acid groups (broad SMARTS) is 1. The molecule has 1 N–H and O–H groups in total. The van der Waals surface area contributed by atoms with Crippen molar-refractivity contribution in [3.05, 3.63) is 58.5 Å². The molecule has 33 heavy (non-hydrogen) atoms. The second-order valence-corrected chi connectivity index (χ2v) is 8.67. The molecule has 1 atom stereocenters. The lowest BCUT2D eigenvalue weighted by molar-refractivity contribution is -0.139. The molecule has 7 heteroatoms. The number of aromatic nitrogens is 3. The highest BCUT2D eigenvalue weighted by molar-refractivity contribution is 5.87. The number of aliphatic carboxylic acids is 1. The average Bonchev–Trinajstić information content (AvgIpc) is 3.17. The van der Waals surface area contributed by atoms with E-state index in [1.165, 1.54) is 6.07 Å². The minimum atomic E-state index is -0.911. The molecule has 170 valence electrons. The second-order valence-electron chi connectivity index (χ2n) is 8.67. The Kier molecular flexibility index (Phi) is 5.27. The van der Waals surface area contributed by atoms with E-state index in [4.69, 9.17) is 9.72 Å². The number of carbonyl (C=O) groups is 1. The van der Waals surface area contributed by atoms with Gasteiger partial charge >= 0.3 is 5.97 Å². The maximum atomic E-state index is 15.3. The molecule has 2 aromatic carbocycles. The standard InChI is InChI=1S/C26H26FN3O3/c1-4-8-17(25(31)32)22-15(3)28-26-29-20-10-5-6-11-21(20)30(26)23(22)18-13-19(27)24-16(14(18)2)9-7-12-33-24/h5-6,10-11,13,17H,4,7-9,12H2,1-3H3,(H,31,32). The summed E-state index contributed by atoms with van der Waals surface area (Å²) in [6, 6.07) is 9.13. The minimum Gasteiger partial charge on any atom is -0.490 e. The highest BCUT2D eigenvalue weighted by Crippen LogP contribution is 2.42. The summed E-state index contributed by atoms with van der Waals surface area (Å²) in [4.78, 5) is 21.8. The lowest BCUT2D eigenvalue weighted by Crippen LogP contribution is -2.18. The van der Waals surface area contributed by atoms with Crippen molar-refractivity contribution in [2.75, 3.05) is 6.61 Å². The van der Waals surface area contributed by atoms with E-state index in [-0.39, 0.29) is 0 Å². The molecule has 5 rings (SSSR count). The zero-order valence-electron chi connectivity index (χ0n) is 19.0. The zero-order chi connectivity index (χ0) is 23.3. The van der Waals surface area contributed by atoms with Gasteiger partial charge in [-0.25, -0.2) is 14.4 Å². The summed E-state index contributed by atoms with van der Waals surface area (Å²) in [5, 5.41) is 10.2. The van der Waals surface area contributed by atoms with Crippen LogP contribution in [0.4, 0.5) is 4.39 Å². The smallest absolute Gasteiger partial charge is 0.311 e. The monoisotopic (exact) mass is 447 g/mol. The maximum absolute atomic E-state index is 15.3. The second kappa shape index (κ2) is 8.14. The predicted octanol–water partition coefficient (Wildman–Crippen LogP) is 5.60. The lowest BCUT2D eigenvalue weighted by Gasteiger charge is -2.25. The number of benzene rings is 2. The van der Waals surface area contributed by atoms with Crippen molar-refractivity contribution in [2.45, 2.75) is 52.4 Å². The van der Waals surface area contributed by atoms with Crippen molar-refractivity contribution in [3.8, 4) is 17.0 Å². The molecule has 0 saturated heterocycles. The maximum Gasteiger partial charge on any atom is 0.311 e. The van der Waals surface area contributed by atoms with Gasteiger partial charge in [-0.1, -0.05) is 25.5 Å². The Morgan fingerprint density at radius 1 is 1.27 bits per heavy atom. The van der Waals surface area contributed by atoms with Gasteiger partial charge in [-0.3, -0.25) is 9.20 Å². The lowest BCUT2D eigenvalue weighted by atomic mass is 9.86. The third-order valence-corrected chi connectivity index (χ3v) is 6.59. The van der Waals surface area contributed by atoms with Crippen LogP contribution in [0.2, 0.25) is 0 Å². The Morgan fingerprint density at radius 2 is 2.06 bits per heavy atom. The van der Waals surface area contributed by atoms with E-state index in [2.05, 4.69) is 4.98 Å². The van der Waals surface area contributed by atoms with Crippen LogP contribution in [-0.4, -0.2) is 32.1 Å². The summed E-state index contributed by atoms with van der Waals surface area (Å²) in [7, 11) is 0. The van der Waals surface area contributed by atoms with Crippen LogP contribution in [0.5, 0.6) is 5.75 Å². The topological polar surface area (TPSA) is 76.7 Å². The van der Waals surface area contributed by atoms with Crippen molar-refractivity contribution in [3.63, 3.8) is 0 Å². The molecule has 1 aliphatic rings. The molecular formula is C26H26FN3O3. The van der Waals surface area contributed by atoms with Gasteiger partial charge in [0.25, 0.3) is 0 Å². The summed E-state index contributed by atoms with van der Waals surface area (Å²) >= 11 is 0. The van der Waals surface area contributed by atoms with E-state index in [1.54, 1.807) is 0 Å². The molecule has 4 aromatic rings. The van der Waals surface area contributed by atoms with Crippen LogP contribution in [0.15, 0.2) is 30.3 Å². The predicted molar refractivity (Wildman–Crippen MR) is 124 cm³/mol. The average molecular weight is 448 g/mol. The fraction of sp³-hybridized carbons (Fsp3) is 0.346. The van der Waals surface area contributed by atoms with E-state index in [0.29, 0.717) is 53.5 Å². The first-order valence-electron chi connectivity index (χ1n) is 11.4. The highest BCUT2D eigenvalue weighted by atomic mass is 19.1. The Hall–Kier alpha value is -3.48. The first-order chi connectivity index (χ1) is 15.9.